The standard InChI is InChI=1S/C15H23NO3S.ClH/c17-15(18)9-6-14(16(19)12-15)8-11-20-10-7-13-4-2-1-3-5-13;/h1-5,14,17-19H,6-12H2;1H. The van der Waals surface area contributed by atoms with Crippen LogP contribution in [0.2, 0.25) is 0 Å². The molecule has 21 heavy (non-hydrogen) atoms. The lowest BCUT2D eigenvalue weighted by Gasteiger charge is -2.37. The van der Waals surface area contributed by atoms with E-state index in [2.05, 4.69) is 24.3 Å². The predicted octanol–water partition coefficient (Wildman–Crippen LogP) is 2.31. The fraction of sp³-hybridized carbons (Fsp3) is 0.600. The molecule has 4 nitrogen and oxygen atoms in total. The molecular formula is C15H24ClNO3S. The lowest BCUT2D eigenvalue weighted by molar-refractivity contribution is -0.265. The maximum atomic E-state index is 9.74. The summed E-state index contributed by atoms with van der Waals surface area (Å²) in [5.74, 6) is 0.330. The third-order valence-corrected chi connectivity index (χ3v) is 4.71. The fourth-order valence-electron chi connectivity index (χ4n) is 2.46. The zero-order valence-electron chi connectivity index (χ0n) is 12.0. The van der Waals surface area contributed by atoms with Gasteiger partial charge < -0.3 is 15.4 Å². The van der Waals surface area contributed by atoms with E-state index in [9.17, 15) is 15.4 Å². The minimum atomic E-state index is -1.73. The number of piperidine rings is 1. The van der Waals surface area contributed by atoms with E-state index in [0.717, 1.165) is 29.4 Å². The first kappa shape index (κ1) is 18.7. The van der Waals surface area contributed by atoms with E-state index in [1.807, 2.05) is 17.8 Å². The molecule has 1 heterocycles. The van der Waals surface area contributed by atoms with Crippen LogP contribution in [0, 0.1) is 0 Å². The molecule has 0 aliphatic carbocycles. The molecule has 0 radical (unpaired) electrons. The minimum Gasteiger partial charge on any atom is -0.364 e. The van der Waals surface area contributed by atoms with Crippen molar-refractivity contribution >= 4 is 24.2 Å². The van der Waals surface area contributed by atoms with E-state index >= 15 is 0 Å². The number of hydrogen-bond acceptors (Lipinski definition) is 5. The number of β-amino-alcohol motifs (C(OH)–C–C–N with tert-alkyl or cyclic N) is 2. The van der Waals surface area contributed by atoms with Crippen LogP contribution in [0.15, 0.2) is 30.3 Å². The molecule has 6 heteroatoms. The summed E-state index contributed by atoms with van der Waals surface area (Å²) in [4.78, 5) is 0. The molecule has 1 saturated heterocycles. The Hall–Kier alpha value is -0.300. The monoisotopic (exact) mass is 333 g/mol. The van der Waals surface area contributed by atoms with Crippen LogP contribution in [-0.4, -0.2) is 50.4 Å². The van der Waals surface area contributed by atoms with E-state index < -0.39 is 5.79 Å². The molecule has 1 atom stereocenters. The Bertz CT molecular complexity index is 405. The summed E-state index contributed by atoms with van der Waals surface area (Å²) >= 11 is 1.88. The third-order valence-electron chi connectivity index (χ3n) is 3.69. The first-order chi connectivity index (χ1) is 9.57. The molecule has 1 aromatic carbocycles. The first-order valence-electron chi connectivity index (χ1n) is 7.09. The van der Waals surface area contributed by atoms with Crippen molar-refractivity contribution in [3.8, 4) is 0 Å². The average Bonchev–Trinajstić information content (AvgIpc) is 2.41. The van der Waals surface area contributed by atoms with Crippen molar-refractivity contribution in [3.63, 3.8) is 0 Å². The van der Waals surface area contributed by atoms with Crippen LogP contribution in [0.5, 0.6) is 0 Å². The smallest absolute Gasteiger partial charge is 0.178 e. The molecule has 1 aliphatic rings. The van der Waals surface area contributed by atoms with Crippen molar-refractivity contribution in [1.29, 1.82) is 0 Å². The number of aryl methyl sites for hydroxylation is 1. The van der Waals surface area contributed by atoms with Crippen molar-refractivity contribution in [2.45, 2.75) is 37.5 Å². The number of hydroxylamine groups is 2. The highest BCUT2D eigenvalue weighted by Gasteiger charge is 2.35. The molecule has 0 saturated carbocycles. The molecule has 2 rings (SSSR count). The van der Waals surface area contributed by atoms with Crippen LogP contribution in [0.4, 0.5) is 0 Å². The maximum Gasteiger partial charge on any atom is 0.178 e. The van der Waals surface area contributed by atoms with Crippen molar-refractivity contribution in [1.82, 2.24) is 5.06 Å². The Balaban J connectivity index is 0.00000220. The minimum absolute atomic E-state index is 0. The van der Waals surface area contributed by atoms with Crippen molar-refractivity contribution < 1.29 is 15.4 Å². The second kappa shape index (κ2) is 8.98. The maximum absolute atomic E-state index is 9.74. The first-order valence-corrected chi connectivity index (χ1v) is 8.24. The SMILES string of the molecule is Cl.ON1CC(O)(O)CCC1CCSCCc1ccccc1. The Kier molecular flexibility index (Phi) is 8.02. The number of benzene rings is 1. The van der Waals surface area contributed by atoms with E-state index in [-0.39, 0.29) is 25.0 Å². The molecule has 0 spiro atoms. The third kappa shape index (κ3) is 6.55. The number of aliphatic hydroxyl groups is 2. The van der Waals surface area contributed by atoms with Crippen molar-refractivity contribution in [3.05, 3.63) is 35.9 Å². The van der Waals surface area contributed by atoms with Crippen LogP contribution in [-0.2, 0) is 6.42 Å². The van der Waals surface area contributed by atoms with E-state index in [4.69, 9.17) is 0 Å². The second-order valence-corrected chi connectivity index (χ2v) is 6.63. The Morgan fingerprint density at radius 2 is 1.90 bits per heavy atom. The summed E-state index contributed by atoms with van der Waals surface area (Å²) in [6.45, 7) is -0.0770. The molecule has 0 bridgehead atoms. The van der Waals surface area contributed by atoms with Crippen LogP contribution in [0.25, 0.3) is 0 Å². The zero-order valence-corrected chi connectivity index (χ0v) is 13.7. The van der Waals surface area contributed by atoms with Gasteiger partial charge in [0.05, 0.1) is 6.54 Å². The topological polar surface area (TPSA) is 63.9 Å². The number of halogens is 1. The molecule has 3 N–H and O–H groups in total. The average molecular weight is 334 g/mol. The Labute approximate surface area is 136 Å². The van der Waals surface area contributed by atoms with Crippen LogP contribution >= 0.6 is 24.2 Å². The van der Waals surface area contributed by atoms with E-state index in [1.54, 1.807) is 0 Å². The Morgan fingerprint density at radius 3 is 2.57 bits per heavy atom. The lowest BCUT2D eigenvalue weighted by atomic mass is 9.98. The molecule has 1 fully saturated rings. The molecule has 0 amide bonds. The number of rotatable bonds is 6. The molecule has 1 aliphatic heterocycles. The number of thioether (sulfide) groups is 1. The van der Waals surface area contributed by atoms with Crippen LogP contribution in [0.1, 0.15) is 24.8 Å². The summed E-state index contributed by atoms with van der Waals surface area (Å²) in [7, 11) is 0. The predicted molar refractivity (Wildman–Crippen MR) is 88.0 cm³/mol. The van der Waals surface area contributed by atoms with Gasteiger partial charge in [-0.1, -0.05) is 30.3 Å². The summed E-state index contributed by atoms with van der Waals surface area (Å²) in [5, 5.41) is 29.7. The van der Waals surface area contributed by atoms with Gasteiger partial charge in [-0.25, -0.2) is 0 Å². The largest absolute Gasteiger partial charge is 0.364 e. The lowest BCUT2D eigenvalue weighted by Crippen LogP contribution is -2.51. The van der Waals surface area contributed by atoms with E-state index in [0.29, 0.717) is 12.8 Å². The molecule has 1 aromatic rings. The second-order valence-electron chi connectivity index (χ2n) is 5.41. The van der Waals surface area contributed by atoms with Gasteiger partial charge in [-0.05, 0) is 36.3 Å². The summed E-state index contributed by atoms with van der Waals surface area (Å²) in [5.41, 5.74) is 1.35. The van der Waals surface area contributed by atoms with Crippen molar-refractivity contribution in [2.24, 2.45) is 0 Å². The number of nitrogens with zero attached hydrogens (tertiary/aromatic N) is 1. The summed E-state index contributed by atoms with van der Waals surface area (Å²) < 4.78 is 0. The van der Waals surface area contributed by atoms with Gasteiger partial charge in [0.25, 0.3) is 0 Å². The van der Waals surface area contributed by atoms with Gasteiger partial charge in [0.1, 0.15) is 0 Å². The van der Waals surface area contributed by atoms with Gasteiger partial charge in [0.15, 0.2) is 5.79 Å². The molecule has 0 aromatic heterocycles. The Morgan fingerprint density at radius 1 is 1.19 bits per heavy atom. The zero-order chi connectivity index (χ0) is 14.4. The van der Waals surface area contributed by atoms with Crippen LogP contribution in [0.3, 0.4) is 0 Å². The van der Waals surface area contributed by atoms with Crippen LogP contribution < -0.4 is 0 Å². The van der Waals surface area contributed by atoms with E-state index in [1.165, 1.54) is 5.56 Å². The van der Waals surface area contributed by atoms with Gasteiger partial charge >= 0.3 is 0 Å². The molecule has 1 unspecified atom stereocenters. The highest BCUT2D eigenvalue weighted by atomic mass is 35.5. The highest BCUT2D eigenvalue weighted by molar-refractivity contribution is 7.99. The summed E-state index contributed by atoms with van der Waals surface area (Å²) in [6, 6.07) is 10.5. The van der Waals surface area contributed by atoms with Crippen molar-refractivity contribution in [2.75, 3.05) is 18.1 Å². The van der Waals surface area contributed by atoms with Gasteiger partial charge in [-0.2, -0.15) is 16.8 Å². The molecular weight excluding hydrogens is 310 g/mol. The van der Waals surface area contributed by atoms with Gasteiger partial charge in [0, 0.05) is 12.5 Å². The fourth-order valence-corrected chi connectivity index (χ4v) is 3.49. The normalized spacial score (nSPS) is 21.8. The number of hydrogen-bond donors (Lipinski definition) is 3. The quantitative estimate of drug-likeness (QED) is 0.551. The van der Waals surface area contributed by atoms with Gasteiger partial charge in [-0.3, -0.25) is 0 Å². The summed E-state index contributed by atoms with van der Waals surface area (Å²) in [6.07, 6.45) is 2.91. The molecule has 120 valence electrons. The highest BCUT2D eigenvalue weighted by Crippen LogP contribution is 2.25. The van der Waals surface area contributed by atoms with Gasteiger partial charge in [0.2, 0.25) is 0 Å². The van der Waals surface area contributed by atoms with Gasteiger partial charge in [-0.15, -0.1) is 12.4 Å².